The number of carbonyl (C=O) groups is 1. The number of aliphatic hydroxyl groups excluding tert-OH is 1. The van der Waals surface area contributed by atoms with E-state index in [9.17, 15) is 9.90 Å². The van der Waals surface area contributed by atoms with Crippen molar-refractivity contribution in [2.45, 2.75) is 78.7 Å². The van der Waals surface area contributed by atoms with E-state index in [1.165, 1.54) is 17.6 Å². The molecule has 0 saturated heterocycles. The van der Waals surface area contributed by atoms with Gasteiger partial charge in [0.15, 0.2) is 5.78 Å². The number of carbonyl (C=O) groups excluding carboxylic acids is 1. The van der Waals surface area contributed by atoms with Crippen molar-refractivity contribution in [3.05, 3.63) is 22.8 Å². The molecule has 0 aromatic carbocycles. The minimum absolute atomic E-state index is 0.104. The number of Topliss-reactive ketones (excluding diaryl/α,β-unsaturated/α-hetero) is 1. The summed E-state index contributed by atoms with van der Waals surface area (Å²) in [5, 5.41) is 10.1. The van der Waals surface area contributed by atoms with Gasteiger partial charge in [-0.25, -0.2) is 0 Å². The average molecular weight is 328 g/mol. The fourth-order valence-electron chi connectivity index (χ4n) is 7.27. The normalized spacial score (nSPS) is 47.6. The Bertz CT molecular complexity index is 642. The van der Waals surface area contributed by atoms with Crippen LogP contribution in [-0.2, 0) is 4.79 Å². The van der Waals surface area contributed by atoms with Crippen molar-refractivity contribution < 1.29 is 9.90 Å². The number of hydrogen-bond donors (Lipinski definition) is 1. The lowest BCUT2D eigenvalue weighted by Crippen LogP contribution is -2.50. The number of allylic oxidation sites excluding steroid dienone is 3. The van der Waals surface area contributed by atoms with Crippen LogP contribution in [0.5, 0.6) is 0 Å². The summed E-state index contributed by atoms with van der Waals surface area (Å²) in [6.45, 7) is 8.79. The highest BCUT2D eigenvalue weighted by Crippen LogP contribution is 2.65. The second-order valence-corrected chi connectivity index (χ2v) is 9.53. The Morgan fingerprint density at radius 3 is 2.54 bits per heavy atom. The summed E-state index contributed by atoms with van der Waals surface area (Å²) in [4.78, 5) is 12.3. The Morgan fingerprint density at radius 1 is 1.12 bits per heavy atom. The van der Waals surface area contributed by atoms with Gasteiger partial charge in [-0.05, 0) is 93.0 Å². The maximum atomic E-state index is 12.3. The third kappa shape index (κ3) is 2.08. The van der Waals surface area contributed by atoms with Crippen LogP contribution in [-0.4, -0.2) is 17.0 Å². The fraction of sp³-hybridized carbons (Fsp3) is 0.773. The summed E-state index contributed by atoms with van der Waals surface area (Å²) in [7, 11) is 0. The quantitative estimate of drug-likeness (QED) is 0.700. The average Bonchev–Trinajstić information content (AvgIpc) is 2.78. The summed E-state index contributed by atoms with van der Waals surface area (Å²) in [5.74, 6) is 2.38. The summed E-state index contributed by atoms with van der Waals surface area (Å²) >= 11 is 0. The second-order valence-electron chi connectivity index (χ2n) is 9.53. The molecular formula is C22H32O2. The molecule has 4 aliphatic carbocycles. The van der Waals surface area contributed by atoms with Gasteiger partial charge in [0.1, 0.15) is 0 Å². The first-order valence-electron chi connectivity index (χ1n) is 9.86. The van der Waals surface area contributed by atoms with Crippen molar-refractivity contribution in [1.82, 2.24) is 0 Å². The van der Waals surface area contributed by atoms with Crippen LogP contribution in [0.25, 0.3) is 0 Å². The van der Waals surface area contributed by atoms with E-state index in [1.807, 2.05) is 0 Å². The first-order chi connectivity index (χ1) is 11.3. The van der Waals surface area contributed by atoms with Gasteiger partial charge in [-0.2, -0.15) is 0 Å². The highest BCUT2D eigenvalue weighted by atomic mass is 16.3. The van der Waals surface area contributed by atoms with Gasteiger partial charge >= 0.3 is 0 Å². The van der Waals surface area contributed by atoms with E-state index in [-0.39, 0.29) is 16.9 Å². The van der Waals surface area contributed by atoms with E-state index in [0.717, 1.165) is 50.0 Å². The summed E-state index contributed by atoms with van der Waals surface area (Å²) in [6, 6.07) is 0. The smallest absolute Gasteiger partial charge is 0.156 e. The molecule has 132 valence electrons. The van der Waals surface area contributed by atoms with Crippen molar-refractivity contribution in [2.75, 3.05) is 0 Å². The lowest BCUT2D eigenvalue weighted by atomic mass is 9.47. The Hall–Kier alpha value is -0.890. The maximum Gasteiger partial charge on any atom is 0.156 e. The molecule has 24 heavy (non-hydrogen) atoms. The molecule has 4 aliphatic rings. The molecule has 0 amide bonds. The molecule has 0 unspecified atom stereocenters. The van der Waals surface area contributed by atoms with Crippen LogP contribution in [0.4, 0.5) is 0 Å². The Balaban J connectivity index is 1.70. The predicted molar refractivity (Wildman–Crippen MR) is 96.5 cm³/mol. The molecular weight excluding hydrogens is 296 g/mol. The lowest BCUT2D eigenvalue weighted by Gasteiger charge is -2.57. The fourth-order valence-corrected chi connectivity index (χ4v) is 7.27. The molecule has 2 fully saturated rings. The molecule has 0 aromatic rings. The molecule has 0 bridgehead atoms. The van der Waals surface area contributed by atoms with Gasteiger partial charge in [0.05, 0.1) is 6.10 Å². The molecule has 2 saturated carbocycles. The zero-order valence-electron chi connectivity index (χ0n) is 15.7. The molecule has 2 nitrogen and oxygen atoms in total. The first kappa shape index (κ1) is 16.6. The number of ketones is 1. The van der Waals surface area contributed by atoms with Crippen LogP contribution in [0.15, 0.2) is 22.8 Å². The summed E-state index contributed by atoms with van der Waals surface area (Å²) in [6.07, 6.45) is 9.99. The summed E-state index contributed by atoms with van der Waals surface area (Å²) in [5.41, 5.74) is 4.43. The van der Waals surface area contributed by atoms with Crippen LogP contribution in [0.2, 0.25) is 0 Å². The molecule has 0 aliphatic heterocycles. The van der Waals surface area contributed by atoms with Gasteiger partial charge in [-0.1, -0.05) is 31.1 Å². The third-order valence-corrected chi connectivity index (χ3v) is 8.34. The number of hydrogen-bond acceptors (Lipinski definition) is 2. The van der Waals surface area contributed by atoms with Crippen molar-refractivity contribution in [2.24, 2.45) is 28.6 Å². The van der Waals surface area contributed by atoms with E-state index in [1.54, 1.807) is 6.92 Å². The molecule has 0 heterocycles. The van der Waals surface area contributed by atoms with Crippen LogP contribution in [0, 0.1) is 28.6 Å². The minimum Gasteiger partial charge on any atom is -0.393 e. The van der Waals surface area contributed by atoms with Gasteiger partial charge in [0.2, 0.25) is 0 Å². The standard InChI is InChI=1S/C22H32O2/c1-13-11-19-17-6-5-15-12-16(24)7-9-21(15,3)18(17)8-10-22(19,4)20(13)14(2)23/h5,16-19,24H,6-12H2,1-4H3/t16-,17-,18-,19-,21-,22+/m0/s1. The Morgan fingerprint density at radius 2 is 1.83 bits per heavy atom. The first-order valence-corrected chi connectivity index (χ1v) is 9.86. The summed E-state index contributed by atoms with van der Waals surface area (Å²) < 4.78 is 0. The Labute approximate surface area is 146 Å². The van der Waals surface area contributed by atoms with Crippen LogP contribution >= 0.6 is 0 Å². The van der Waals surface area contributed by atoms with Crippen LogP contribution in [0.3, 0.4) is 0 Å². The maximum absolute atomic E-state index is 12.3. The van der Waals surface area contributed by atoms with Crippen molar-refractivity contribution in [3.63, 3.8) is 0 Å². The van der Waals surface area contributed by atoms with Crippen LogP contribution < -0.4 is 0 Å². The SMILES string of the molecule is CC(=O)C1=C(C)C[C@H]2[C@H]3CC=C4C[C@@H](O)CC[C@]4(C)[C@H]3CC[C@@]12C. The molecule has 4 rings (SSSR count). The van der Waals surface area contributed by atoms with E-state index in [0.29, 0.717) is 17.6 Å². The van der Waals surface area contributed by atoms with Crippen molar-refractivity contribution in [3.8, 4) is 0 Å². The van der Waals surface area contributed by atoms with Crippen molar-refractivity contribution >= 4 is 5.78 Å². The van der Waals surface area contributed by atoms with E-state index < -0.39 is 0 Å². The monoisotopic (exact) mass is 328 g/mol. The number of aliphatic hydroxyl groups is 1. The number of rotatable bonds is 1. The van der Waals surface area contributed by atoms with Crippen molar-refractivity contribution in [1.29, 1.82) is 0 Å². The topological polar surface area (TPSA) is 37.3 Å². The molecule has 6 atom stereocenters. The minimum atomic E-state index is -0.130. The Kier molecular flexibility index (Phi) is 3.66. The predicted octanol–water partition coefficient (Wildman–Crippen LogP) is 4.83. The van der Waals surface area contributed by atoms with E-state index in [4.69, 9.17) is 0 Å². The lowest BCUT2D eigenvalue weighted by molar-refractivity contribution is -0.115. The largest absolute Gasteiger partial charge is 0.393 e. The van der Waals surface area contributed by atoms with Gasteiger partial charge in [0.25, 0.3) is 0 Å². The zero-order chi connectivity index (χ0) is 17.3. The van der Waals surface area contributed by atoms with Gasteiger partial charge in [0, 0.05) is 0 Å². The highest BCUT2D eigenvalue weighted by Gasteiger charge is 2.58. The molecule has 0 aromatic heterocycles. The molecule has 0 spiro atoms. The zero-order valence-corrected chi connectivity index (χ0v) is 15.7. The van der Waals surface area contributed by atoms with Gasteiger partial charge in [-0.3, -0.25) is 4.79 Å². The van der Waals surface area contributed by atoms with E-state index in [2.05, 4.69) is 26.8 Å². The van der Waals surface area contributed by atoms with E-state index >= 15 is 0 Å². The van der Waals surface area contributed by atoms with Crippen LogP contribution in [0.1, 0.15) is 72.6 Å². The van der Waals surface area contributed by atoms with Gasteiger partial charge in [-0.15, -0.1) is 0 Å². The molecule has 1 N–H and O–H groups in total. The molecule has 2 heteroatoms. The molecule has 0 radical (unpaired) electrons. The second kappa shape index (κ2) is 5.30. The number of fused-ring (bicyclic) bond motifs is 5. The van der Waals surface area contributed by atoms with Gasteiger partial charge < -0.3 is 5.11 Å². The highest BCUT2D eigenvalue weighted by molar-refractivity contribution is 5.96. The third-order valence-electron chi connectivity index (χ3n) is 8.34.